The summed E-state index contributed by atoms with van der Waals surface area (Å²) < 4.78 is 6.49. The number of fused-ring (bicyclic) bond motifs is 9. The molecule has 288 valence electrons. The Labute approximate surface area is 355 Å². The fourth-order valence-electron chi connectivity index (χ4n) is 9.89. The molecule has 0 unspecified atom stereocenters. The lowest BCUT2D eigenvalue weighted by Crippen LogP contribution is -2.16. The molecular formula is C59H41NO. The van der Waals surface area contributed by atoms with E-state index < -0.39 is 0 Å². The summed E-state index contributed by atoms with van der Waals surface area (Å²) in [5.41, 5.74) is 17.5. The third kappa shape index (κ3) is 5.71. The molecule has 0 bridgehead atoms. The maximum absolute atomic E-state index is 6.49. The van der Waals surface area contributed by atoms with E-state index in [2.05, 4.69) is 231 Å². The van der Waals surface area contributed by atoms with Crippen LogP contribution in [0.5, 0.6) is 0 Å². The van der Waals surface area contributed by atoms with Gasteiger partial charge in [-0.3, -0.25) is 0 Å². The van der Waals surface area contributed by atoms with Gasteiger partial charge in [-0.2, -0.15) is 0 Å². The summed E-state index contributed by atoms with van der Waals surface area (Å²) in [6, 6.07) is 77.4. The van der Waals surface area contributed by atoms with Crippen LogP contribution in [0.2, 0.25) is 0 Å². The molecule has 0 N–H and O–H groups in total. The van der Waals surface area contributed by atoms with Crippen molar-refractivity contribution in [1.82, 2.24) is 0 Å². The van der Waals surface area contributed by atoms with Gasteiger partial charge in [-0.1, -0.05) is 172 Å². The molecule has 0 fully saturated rings. The van der Waals surface area contributed by atoms with Crippen LogP contribution in [-0.2, 0) is 5.41 Å². The van der Waals surface area contributed by atoms with Gasteiger partial charge in [0.05, 0.1) is 5.69 Å². The monoisotopic (exact) mass is 779 g/mol. The molecule has 1 aromatic heterocycles. The molecule has 1 heterocycles. The van der Waals surface area contributed by atoms with E-state index in [1.165, 1.54) is 77.0 Å². The summed E-state index contributed by atoms with van der Waals surface area (Å²) in [5.74, 6) is 0. The molecule has 0 saturated carbocycles. The highest BCUT2D eigenvalue weighted by molar-refractivity contribution is 6.19. The number of anilines is 3. The van der Waals surface area contributed by atoms with E-state index in [9.17, 15) is 0 Å². The Kier molecular flexibility index (Phi) is 7.92. The first-order valence-electron chi connectivity index (χ1n) is 21.2. The molecule has 10 aromatic carbocycles. The summed E-state index contributed by atoms with van der Waals surface area (Å²) >= 11 is 0. The third-order valence-corrected chi connectivity index (χ3v) is 13.1. The fourth-order valence-corrected chi connectivity index (χ4v) is 9.89. The van der Waals surface area contributed by atoms with Gasteiger partial charge in [-0.05, 0) is 126 Å². The number of furan rings is 1. The Bertz CT molecular complexity index is 3480. The average Bonchev–Trinajstić information content (AvgIpc) is 3.81. The van der Waals surface area contributed by atoms with Crippen molar-refractivity contribution in [3.05, 3.63) is 223 Å². The zero-order valence-corrected chi connectivity index (χ0v) is 34.1. The molecule has 0 amide bonds. The molecule has 2 nitrogen and oxygen atoms in total. The molecule has 1 aliphatic rings. The van der Waals surface area contributed by atoms with Crippen molar-refractivity contribution < 1.29 is 4.42 Å². The van der Waals surface area contributed by atoms with E-state index in [1.54, 1.807) is 0 Å². The van der Waals surface area contributed by atoms with Crippen LogP contribution in [0.15, 0.2) is 217 Å². The van der Waals surface area contributed by atoms with Gasteiger partial charge >= 0.3 is 0 Å². The standard InChI is InChI=1S/C59H41NO/c1-59(2)53-35-44(45-26-32-52-57(36-45)61-56-34-27-43-14-7-9-17-49(43)58(52)56)25-31-50(53)51-33-30-47(37-54(51)59)60(55-18-10-15-42-13-6-8-16-48(42)55)46-28-23-41(24-29-46)40-21-19-39(20-22-40)38-11-4-3-5-12-38/h3-37H,1-2H3. The molecule has 0 radical (unpaired) electrons. The van der Waals surface area contributed by atoms with E-state index in [1.807, 2.05) is 0 Å². The van der Waals surface area contributed by atoms with Gasteiger partial charge in [0, 0.05) is 32.9 Å². The highest BCUT2D eigenvalue weighted by Gasteiger charge is 2.36. The average molecular weight is 780 g/mol. The van der Waals surface area contributed by atoms with Crippen molar-refractivity contribution >= 4 is 60.5 Å². The van der Waals surface area contributed by atoms with E-state index >= 15 is 0 Å². The predicted molar refractivity (Wildman–Crippen MR) is 257 cm³/mol. The van der Waals surface area contributed by atoms with Crippen LogP contribution < -0.4 is 4.90 Å². The van der Waals surface area contributed by atoms with Gasteiger partial charge in [0.15, 0.2) is 0 Å². The summed E-state index contributed by atoms with van der Waals surface area (Å²) in [5, 5.41) is 7.22. The van der Waals surface area contributed by atoms with Crippen LogP contribution in [0.1, 0.15) is 25.0 Å². The molecular weight excluding hydrogens is 739 g/mol. The lowest BCUT2D eigenvalue weighted by atomic mass is 9.81. The van der Waals surface area contributed by atoms with Crippen molar-refractivity contribution in [2.24, 2.45) is 0 Å². The van der Waals surface area contributed by atoms with Crippen LogP contribution in [0.25, 0.3) is 88.0 Å². The van der Waals surface area contributed by atoms with E-state index in [0.29, 0.717) is 0 Å². The SMILES string of the molecule is CC1(C)c2cc(-c3ccc4c(c3)oc3ccc5ccccc5c34)ccc2-c2ccc(N(c3ccc(-c4ccc(-c5ccccc5)cc4)cc3)c3cccc4ccccc34)cc21. The maximum Gasteiger partial charge on any atom is 0.136 e. The molecule has 0 spiro atoms. The van der Waals surface area contributed by atoms with Crippen LogP contribution in [0.4, 0.5) is 17.1 Å². The normalized spacial score (nSPS) is 12.9. The third-order valence-electron chi connectivity index (χ3n) is 13.1. The molecule has 1 aliphatic carbocycles. The second-order valence-electron chi connectivity index (χ2n) is 16.9. The minimum absolute atomic E-state index is 0.223. The second kappa shape index (κ2) is 13.7. The quantitative estimate of drug-likeness (QED) is 0.167. The first kappa shape index (κ1) is 35.3. The fraction of sp³-hybridized carbons (Fsp3) is 0.0508. The lowest BCUT2D eigenvalue weighted by Gasteiger charge is -2.29. The summed E-state index contributed by atoms with van der Waals surface area (Å²) in [7, 11) is 0. The molecule has 0 aliphatic heterocycles. The van der Waals surface area contributed by atoms with Crippen molar-refractivity contribution in [1.29, 1.82) is 0 Å². The van der Waals surface area contributed by atoms with Crippen molar-refractivity contribution in [2.75, 3.05) is 4.90 Å². The Morgan fingerprint density at radius 2 is 0.902 bits per heavy atom. The van der Waals surface area contributed by atoms with Crippen LogP contribution in [0, 0.1) is 0 Å². The molecule has 11 aromatic rings. The van der Waals surface area contributed by atoms with E-state index in [0.717, 1.165) is 39.2 Å². The Morgan fingerprint density at radius 3 is 1.66 bits per heavy atom. The first-order valence-corrected chi connectivity index (χ1v) is 21.2. The predicted octanol–water partition coefficient (Wildman–Crippen LogP) is 16.7. The van der Waals surface area contributed by atoms with Crippen LogP contribution >= 0.6 is 0 Å². The van der Waals surface area contributed by atoms with Gasteiger partial charge in [-0.25, -0.2) is 0 Å². The topological polar surface area (TPSA) is 16.4 Å². The zero-order chi connectivity index (χ0) is 40.7. The van der Waals surface area contributed by atoms with E-state index in [4.69, 9.17) is 4.42 Å². The minimum atomic E-state index is -0.223. The molecule has 2 heteroatoms. The summed E-state index contributed by atoms with van der Waals surface area (Å²) in [6.07, 6.45) is 0. The first-order chi connectivity index (χ1) is 30.0. The second-order valence-corrected chi connectivity index (χ2v) is 16.9. The smallest absolute Gasteiger partial charge is 0.136 e. The Hall–Kier alpha value is -7.68. The lowest BCUT2D eigenvalue weighted by molar-refractivity contribution is 0.660. The van der Waals surface area contributed by atoms with Gasteiger partial charge in [-0.15, -0.1) is 0 Å². The number of benzene rings is 10. The molecule has 0 saturated heterocycles. The van der Waals surface area contributed by atoms with E-state index in [-0.39, 0.29) is 5.41 Å². The van der Waals surface area contributed by atoms with Crippen LogP contribution in [0.3, 0.4) is 0 Å². The van der Waals surface area contributed by atoms with Gasteiger partial charge in [0.25, 0.3) is 0 Å². The summed E-state index contributed by atoms with van der Waals surface area (Å²) in [4.78, 5) is 2.43. The highest BCUT2D eigenvalue weighted by Crippen LogP contribution is 2.52. The molecule has 0 atom stereocenters. The highest BCUT2D eigenvalue weighted by atomic mass is 16.3. The zero-order valence-electron chi connectivity index (χ0n) is 34.1. The van der Waals surface area contributed by atoms with Gasteiger partial charge in [0.2, 0.25) is 0 Å². The number of rotatable bonds is 6. The molecule has 61 heavy (non-hydrogen) atoms. The molecule has 12 rings (SSSR count). The number of nitrogens with zero attached hydrogens (tertiary/aromatic N) is 1. The largest absolute Gasteiger partial charge is 0.456 e. The Morgan fingerprint density at radius 1 is 0.361 bits per heavy atom. The van der Waals surface area contributed by atoms with Crippen molar-refractivity contribution in [3.8, 4) is 44.5 Å². The maximum atomic E-state index is 6.49. The van der Waals surface area contributed by atoms with Gasteiger partial charge < -0.3 is 9.32 Å². The Balaban J connectivity index is 0.920. The van der Waals surface area contributed by atoms with Crippen LogP contribution in [-0.4, -0.2) is 0 Å². The number of hydrogen-bond donors (Lipinski definition) is 0. The summed E-state index contributed by atoms with van der Waals surface area (Å²) in [6.45, 7) is 4.75. The van der Waals surface area contributed by atoms with Crippen molar-refractivity contribution in [2.45, 2.75) is 19.3 Å². The van der Waals surface area contributed by atoms with Crippen molar-refractivity contribution in [3.63, 3.8) is 0 Å². The van der Waals surface area contributed by atoms with Gasteiger partial charge in [0.1, 0.15) is 11.2 Å². The minimum Gasteiger partial charge on any atom is -0.456 e. The number of hydrogen-bond acceptors (Lipinski definition) is 2.